The minimum atomic E-state index is -0.617. The van der Waals surface area contributed by atoms with Crippen molar-refractivity contribution in [3.63, 3.8) is 0 Å². The van der Waals surface area contributed by atoms with Crippen molar-refractivity contribution >= 4 is 12.0 Å². The van der Waals surface area contributed by atoms with Gasteiger partial charge in [-0.3, -0.25) is 14.3 Å². The Hall–Kier alpha value is -4.40. The van der Waals surface area contributed by atoms with Crippen LogP contribution in [0.4, 0.5) is 10.7 Å². The van der Waals surface area contributed by atoms with Gasteiger partial charge in [-0.15, -0.1) is 0 Å². The molecule has 4 rings (SSSR count). The Morgan fingerprint density at radius 1 is 1.03 bits per heavy atom. The first-order valence-electron chi connectivity index (χ1n) is 12.1. The van der Waals surface area contributed by atoms with Crippen LogP contribution in [-0.2, 0) is 18.2 Å². The van der Waals surface area contributed by atoms with Crippen LogP contribution in [0.3, 0.4) is 0 Å². The van der Waals surface area contributed by atoms with E-state index in [1.165, 1.54) is 4.57 Å². The van der Waals surface area contributed by atoms with Crippen molar-refractivity contribution in [3.8, 4) is 16.9 Å². The zero-order chi connectivity index (χ0) is 26.4. The van der Waals surface area contributed by atoms with Crippen molar-refractivity contribution in [1.82, 2.24) is 24.4 Å². The number of pyridine rings is 1. The zero-order valence-electron chi connectivity index (χ0n) is 21.5. The summed E-state index contributed by atoms with van der Waals surface area (Å²) in [7, 11) is 1.68. The maximum absolute atomic E-state index is 13.5. The molecule has 0 spiro atoms. The van der Waals surface area contributed by atoms with Crippen LogP contribution >= 0.6 is 0 Å². The van der Waals surface area contributed by atoms with E-state index in [1.807, 2.05) is 87.8 Å². The minimum Gasteiger partial charge on any atom is -0.444 e. The lowest BCUT2D eigenvalue weighted by Gasteiger charge is -2.24. The Morgan fingerprint density at radius 3 is 2.35 bits per heavy atom. The SMILES string of the molecule is Cn1c(NC[C@H](Cc2ccccc2)NC(=O)OC(C)(C)C)nc(-c2ccncc2)c(-n2cccc2)c1=O. The van der Waals surface area contributed by atoms with Gasteiger partial charge < -0.3 is 19.9 Å². The van der Waals surface area contributed by atoms with E-state index in [1.54, 1.807) is 24.0 Å². The quantitative estimate of drug-likeness (QED) is 0.376. The van der Waals surface area contributed by atoms with E-state index in [4.69, 9.17) is 9.72 Å². The summed E-state index contributed by atoms with van der Waals surface area (Å²) in [5.74, 6) is 0.386. The molecule has 192 valence electrons. The monoisotopic (exact) mass is 500 g/mol. The fraction of sp³-hybridized carbons (Fsp3) is 0.286. The maximum atomic E-state index is 13.5. The third kappa shape index (κ3) is 6.63. The van der Waals surface area contributed by atoms with E-state index in [2.05, 4.69) is 15.6 Å². The Balaban J connectivity index is 1.65. The molecule has 0 aliphatic carbocycles. The number of hydrogen-bond donors (Lipinski definition) is 2. The number of ether oxygens (including phenoxy) is 1. The van der Waals surface area contributed by atoms with Crippen molar-refractivity contribution < 1.29 is 9.53 Å². The highest BCUT2D eigenvalue weighted by Gasteiger charge is 2.22. The average molecular weight is 501 g/mol. The molecule has 0 bridgehead atoms. The van der Waals surface area contributed by atoms with Crippen LogP contribution in [0, 0.1) is 0 Å². The summed E-state index contributed by atoms with van der Waals surface area (Å²) in [6, 6.07) is 16.9. The Kier molecular flexibility index (Phi) is 7.71. The van der Waals surface area contributed by atoms with Crippen LogP contribution in [0.25, 0.3) is 16.9 Å². The Morgan fingerprint density at radius 2 is 1.70 bits per heavy atom. The lowest BCUT2D eigenvalue weighted by molar-refractivity contribution is 0.0507. The summed E-state index contributed by atoms with van der Waals surface area (Å²) in [4.78, 5) is 35.0. The molecule has 1 atom stereocenters. The van der Waals surface area contributed by atoms with Crippen molar-refractivity contribution in [2.45, 2.75) is 38.8 Å². The van der Waals surface area contributed by atoms with Crippen molar-refractivity contribution in [3.05, 3.63) is 95.3 Å². The van der Waals surface area contributed by atoms with Gasteiger partial charge in [-0.25, -0.2) is 9.78 Å². The molecule has 0 saturated carbocycles. The van der Waals surface area contributed by atoms with E-state index >= 15 is 0 Å². The summed E-state index contributed by atoms with van der Waals surface area (Å²) in [5.41, 5.74) is 1.98. The Labute approximate surface area is 216 Å². The predicted molar refractivity (Wildman–Crippen MR) is 144 cm³/mol. The topological polar surface area (TPSA) is 103 Å². The first kappa shape index (κ1) is 25.7. The minimum absolute atomic E-state index is 0.208. The van der Waals surface area contributed by atoms with Crippen LogP contribution in [0.1, 0.15) is 26.3 Å². The van der Waals surface area contributed by atoms with Crippen molar-refractivity contribution in [2.75, 3.05) is 11.9 Å². The highest BCUT2D eigenvalue weighted by Crippen LogP contribution is 2.23. The highest BCUT2D eigenvalue weighted by molar-refractivity contribution is 5.70. The van der Waals surface area contributed by atoms with Crippen LogP contribution in [0.2, 0.25) is 0 Å². The van der Waals surface area contributed by atoms with Crippen LogP contribution < -0.4 is 16.2 Å². The summed E-state index contributed by atoms with van der Waals surface area (Å²) in [6.45, 7) is 5.80. The van der Waals surface area contributed by atoms with E-state index in [0.29, 0.717) is 30.3 Å². The van der Waals surface area contributed by atoms with Gasteiger partial charge >= 0.3 is 6.09 Å². The number of carbonyl (C=O) groups is 1. The Bertz CT molecular complexity index is 1380. The van der Waals surface area contributed by atoms with Gasteiger partial charge in [0.15, 0.2) is 0 Å². The molecule has 3 heterocycles. The smallest absolute Gasteiger partial charge is 0.407 e. The third-order valence-corrected chi connectivity index (χ3v) is 5.64. The molecule has 0 radical (unpaired) electrons. The predicted octanol–water partition coefficient (Wildman–Crippen LogP) is 4.18. The van der Waals surface area contributed by atoms with Gasteiger partial charge in [-0.05, 0) is 57.0 Å². The molecule has 9 heteroatoms. The molecular weight excluding hydrogens is 468 g/mol. The molecule has 0 fully saturated rings. The molecular formula is C28H32N6O3. The second-order valence-electron chi connectivity index (χ2n) is 9.74. The largest absolute Gasteiger partial charge is 0.444 e. The molecule has 9 nitrogen and oxygen atoms in total. The molecule has 0 aliphatic heterocycles. The number of anilines is 1. The fourth-order valence-corrected chi connectivity index (χ4v) is 3.94. The number of aromatic nitrogens is 4. The molecule has 4 aromatic rings. The number of amides is 1. The fourth-order valence-electron chi connectivity index (χ4n) is 3.94. The number of alkyl carbamates (subject to hydrolysis) is 1. The number of nitrogens with one attached hydrogen (secondary N) is 2. The third-order valence-electron chi connectivity index (χ3n) is 5.64. The van der Waals surface area contributed by atoms with Gasteiger partial charge in [0, 0.05) is 43.9 Å². The van der Waals surface area contributed by atoms with Gasteiger partial charge in [-0.2, -0.15) is 0 Å². The van der Waals surface area contributed by atoms with Crippen molar-refractivity contribution in [1.29, 1.82) is 0 Å². The second-order valence-corrected chi connectivity index (χ2v) is 9.74. The van der Waals surface area contributed by atoms with Gasteiger partial charge in [0.1, 0.15) is 17.0 Å². The molecule has 2 N–H and O–H groups in total. The average Bonchev–Trinajstić information content (AvgIpc) is 3.39. The van der Waals surface area contributed by atoms with E-state index in [-0.39, 0.29) is 11.6 Å². The second kappa shape index (κ2) is 11.1. The van der Waals surface area contributed by atoms with Gasteiger partial charge in [0.25, 0.3) is 5.56 Å². The molecule has 1 amide bonds. The number of carbonyl (C=O) groups excluding carboxylic acids is 1. The number of rotatable bonds is 8. The molecule has 0 aliphatic rings. The summed E-state index contributed by atoms with van der Waals surface area (Å²) in [6.07, 6.45) is 7.04. The molecule has 1 aromatic carbocycles. The van der Waals surface area contributed by atoms with Gasteiger partial charge in [-0.1, -0.05) is 30.3 Å². The number of hydrogen-bond acceptors (Lipinski definition) is 6. The van der Waals surface area contributed by atoms with E-state index < -0.39 is 11.7 Å². The first-order valence-corrected chi connectivity index (χ1v) is 12.1. The summed E-state index contributed by atoms with van der Waals surface area (Å²) in [5, 5.41) is 6.24. The van der Waals surface area contributed by atoms with E-state index in [0.717, 1.165) is 11.1 Å². The van der Waals surface area contributed by atoms with Crippen LogP contribution in [0.15, 0.2) is 84.2 Å². The molecule has 37 heavy (non-hydrogen) atoms. The zero-order valence-corrected chi connectivity index (χ0v) is 21.5. The van der Waals surface area contributed by atoms with E-state index in [9.17, 15) is 9.59 Å². The number of benzene rings is 1. The van der Waals surface area contributed by atoms with Crippen LogP contribution in [-0.4, -0.2) is 43.4 Å². The normalized spacial score (nSPS) is 12.1. The van der Waals surface area contributed by atoms with Gasteiger partial charge in [0.05, 0.1) is 6.04 Å². The first-order chi connectivity index (χ1) is 17.7. The van der Waals surface area contributed by atoms with Gasteiger partial charge in [0.2, 0.25) is 5.95 Å². The number of nitrogens with zero attached hydrogens (tertiary/aromatic N) is 4. The molecule has 3 aromatic heterocycles. The lowest BCUT2D eigenvalue weighted by Crippen LogP contribution is -2.44. The summed E-state index contributed by atoms with van der Waals surface area (Å²) >= 11 is 0. The maximum Gasteiger partial charge on any atom is 0.407 e. The standard InChI is InChI=1S/C28H32N6O3/c1-28(2,3)37-27(36)31-22(18-20-10-6-5-7-11-20)19-30-26-32-23(21-12-14-29-15-13-21)24(25(35)33(26)4)34-16-8-9-17-34/h5-17,22H,18-19H2,1-4H3,(H,30,32)(H,31,36)/t22-/m0/s1. The lowest BCUT2D eigenvalue weighted by atomic mass is 10.1. The molecule has 0 saturated heterocycles. The summed E-state index contributed by atoms with van der Waals surface area (Å²) < 4.78 is 8.72. The van der Waals surface area contributed by atoms with Crippen molar-refractivity contribution in [2.24, 2.45) is 7.05 Å². The molecule has 0 unspecified atom stereocenters. The van der Waals surface area contributed by atoms with Crippen LogP contribution in [0.5, 0.6) is 0 Å². The highest BCUT2D eigenvalue weighted by atomic mass is 16.6.